The topological polar surface area (TPSA) is 75.6 Å². The molecule has 0 aliphatic carbocycles. The molecular formula is C13H14BrNO4. The Hall–Kier alpha value is -1.82. The first-order valence-corrected chi connectivity index (χ1v) is 6.24. The van der Waals surface area contributed by atoms with E-state index in [0.29, 0.717) is 5.56 Å². The lowest BCUT2D eigenvalue weighted by Crippen LogP contribution is -2.49. The number of benzene rings is 1. The molecular weight excluding hydrogens is 314 g/mol. The van der Waals surface area contributed by atoms with E-state index in [1.807, 2.05) is 0 Å². The van der Waals surface area contributed by atoms with Crippen LogP contribution in [0, 0.1) is 0 Å². The zero-order valence-corrected chi connectivity index (χ0v) is 11.9. The highest BCUT2D eigenvalue weighted by Gasteiger charge is 2.37. The lowest BCUT2D eigenvalue weighted by atomic mass is 9.92. The fourth-order valence-corrected chi connectivity index (χ4v) is 1.82. The zero-order valence-electron chi connectivity index (χ0n) is 10.4. The van der Waals surface area contributed by atoms with Crippen LogP contribution in [0.4, 0.5) is 4.79 Å². The van der Waals surface area contributed by atoms with Crippen molar-refractivity contribution in [2.24, 2.45) is 0 Å². The molecule has 0 heterocycles. The van der Waals surface area contributed by atoms with Gasteiger partial charge in [0.1, 0.15) is 6.61 Å². The molecule has 0 spiro atoms. The van der Waals surface area contributed by atoms with Crippen LogP contribution in [0.15, 0.2) is 41.4 Å². The summed E-state index contributed by atoms with van der Waals surface area (Å²) in [7, 11) is 0. The van der Waals surface area contributed by atoms with Crippen molar-refractivity contribution in [2.75, 3.05) is 6.61 Å². The molecule has 6 heteroatoms. The Labute approximate surface area is 119 Å². The lowest BCUT2D eigenvalue weighted by Gasteiger charge is -2.26. The minimum absolute atomic E-state index is 0.0139. The first kappa shape index (κ1) is 15.2. The number of carbonyl (C=O) groups is 2. The van der Waals surface area contributed by atoms with Gasteiger partial charge in [-0.2, -0.15) is 0 Å². The van der Waals surface area contributed by atoms with Crippen LogP contribution in [-0.2, 0) is 15.1 Å². The Bertz CT molecular complexity index is 503. The Morgan fingerprint density at radius 3 is 2.79 bits per heavy atom. The molecule has 1 atom stereocenters. The number of halogens is 1. The first-order chi connectivity index (χ1) is 8.90. The summed E-state index contributed by atoms with van der Waals surface area (Å²) in [6.07, 6.45) is 0.585. The normalized spacial score (nSPS) is 13.2. The molecule has 5 nitrogen and oxygen atoms in total. The molecule has 0 radical (unpaired) electrons. The smallest absolute Gasteiger partial charge is 0.408 e. The van der Waals surface area contributed by atoms with Gasteiger partial charge >= 0.3 is 12.1 Å². The van der Waals surface area contributed by atoms with Gasteiger partial charge in [0.15, 0.2) is 5.54 Å². The van der Waals surface area contributed by atoms with Gasteiger partial charge in [0, 0.05) is 4.47 Å². The molecule has 0 fully saturated rings. The summed E-state index contributed by atoms with van der Waals surface area (Å²) in [5.74, 6) is -1.18. The highest BCUT2D eigenvalue weighted by molar-refractivity contribution is 9.10. The van der Waals surface area contributed by atoms with Crippen LogP contribution in [0.25, 0.3) is 0 Å². The third-order valence-corrected chi connectivity index (χ3v) is 3.01. The fraction of sp³-hybridized carbons (Fsp3) is 0.231. The highest BCUT2D eigenvalue weighted by atomic mass is 79.9. The quantitative estimate of drug-likeness (QED) is 0.815. The van der Waals surface area contributed by atoms with E-state index in [0.717, 1.165) is 4.47 Å². The summed E-state index contributed by atoms with van der Waals surface area (Å²) in [6, 6.07) is 6.70. The van der Waals surface area contributed by atoms with Crippen LogP contribution >= 0.6 is 15.9 Å². The van der Waals surface area contributed by atoms with Crippen molar-refractivity contribution in [1.82, 2.24) is 5.32 Å². The van der Waals surface area contributed by atoms with Crippen LogP contribution < -0.4 is 5.32 Å². The molecule has 1 amide bonds. The van der Waals surface area contributed by atoms with Gasteiger partial charge in [-0.3, -0.25) is 0 Å². The van der Waals surface area contributed by atoms with Gasteiger partial charge in [-0.1, -0.05) is 40.7 Å². The average Bonchev–Trinajstić information content (AvgIpc) is 2.36. The molecule has 102 valence electrons. The molecule has 0 saturated heterocycles. The maximum absolute atomic E-state index is 11.5. The zero-order chi connectivity index (χ0) is 14.5. The lowest BCUT2D eigenvalue weighted by molar-refractivity contribution is -0.144. The molecule has 1 unspecified atom stereocenters. The number of carboxylic acids is 1. The highest BCUT2D eigenvalue weighted by Crippen LogP contribution is 2.24. The summed E-state index contributed by atoms with van der Waals surface area (Å²) in [5.41, 5.74) is -1.13. The van der Waals surface area contributed by atoms with E-state index in [-0.39, 0.29) is 6.61 Å². The van der Waals surface area contributed by atoms with Crippen molar-refractivity contribution in [3.05, 3.63) is 47.0 Å². The van der Waals surface area contributed by atoms with Crippen LogP contribution in [-0.4, -0.2) is 23.8 Å². The third-order valence-electron chi connectivity index (χ3n) is 2.51. The number of carboxylic acid groups (broad SMARTS) is 1. The van der Waals surface area contributed by atoms with Gasteiger partial charge in [0.05, 0.1) is 0 Å². The van der Waals surface area contributed by atoms with E-state index in [9.17, 15) is 14.7 Å². The maximum atomic E-state index is 11.5. The van der Waals surface area contributed by atoms with Gasteiger partial charge in [-0.25, -0.2) is 9.59 Å². The number of carbonyl (C=O) groups excluding carboxylic acids is 1. The second-order valence-corrected chi connectivity index (χ2v) is 4.87. The van der Waals surface area contributed by atoms with Gasteiger partial charge < -0.3 is 15.2 Å². The Balaban J connectivity index is 3.01. The van der Waals surface area contributed by atoms with Crippen molar-refractivity contribution < 1.29 is 19.4 Å². The van der Waals surface area contributed by atoms with E-state index in [2.05, 4.69) is 27.8 Å². The van der Waals surface area contributed by atoms with Gasteiger partial charge in [0.25, 0.3) is 0 Å². The number of ether oxygens (including phenoxy) is 1. The number of nitrogens with one attached hydrogen (secondary N) is 1. The van der Waals surface area contributed by atoms with Crippen LogP contribution in [0.5, 0.6) is 0 Å². The molecule has 0 aliphatic rings. The second kappa shape index (κ2) is 6.38. The number of rotatable bonds is 5. The number of hydrogen-bond acceptors (Lipinski definition) is 3. The molecule has 1 aromatic carbocycles. The minimum atomic E-state index is -1.57. The summed E-state index contributed by atoms with van der Waals surface area (Å²) < 4.78 is 5.47. The second-order valence-electron chi connectivity index (χ2n) is 3.95. The maximum Gasteiger partial charge on any atom is 0.408 e. The van der Waals surface area contributed by atoms with Crippen molar-refractivity contribution in [2.45, 2.75) is 12.5 Å². The molecule has 0 bridgehead atoms. The van der Waals surface area contributed by atoms with E-state index >= 15 is 0 Å². The molecule has 0 aromatic heterocycles. The summed E-state index contributed by atoms with van der Waals surface area (Å²) in [5, 5.41) is 11.7. The van der Waals surface area contributed by atoms with Crippen molar-refractivity contribution in [3.63, 3.8) is 0 Å². The fourth-order valence-electron chi connectivity index (χ4n) is 1.42. The van der Waals surface area contributed by atoms with Crippen LogP contribution in [0.2, 0.25) is 0 Å². The SMILES string of the molecule is C=CCOC(=O)NC(C)(C(=O)O)c1cccc(Br)c1. The van der Waals surface area contributed by atoms with Gasteiger partial charge in [0.2, 0.25) is 0 Å². The summed E-state index contributed by atoms with van der Waals surface area (Å²) >= 11 is 3.26. The largest absolute Gasteiger partial charge is 0.479 e. The van der Waals surface area contributed by atoms with Crippen LogP contribution in [0.1, 0.15) is 12.5 Å². The minimum Gasteiger partial charge on any atom is -0.479 e. The number of hydrogen-bond donors (Lipinski definition) is 2. The third kappa shape index (κ3) is 3.82. The average molecular weight is 328 g/mol. The Morgan fingerprint density at radius 1 is 1.58 bits per heavy atom. The van der Waals surface area contributed by atoms with E-state index < -0.39 is 17.6 Å². The predicted octanol–water partition coefficient (Wildman–Crippen LogP) is 2.66. The monoisotopic (exact) mass is 327 g/mol. The number of aliphatic carboxylic acids is 1. The molecule has 1 aromatic rings. The standard InChI is InChI=1S/C13H14BrNO4/c1-3-7-19-12(18)15-13(2,11(16)17)9-5-4-6-10(14)8-9/h3-6,8H,1,7H2,2H3,(H,15,18)(H,16,17). The van der Waals surface area contributed by atoms with Crippen molar-refractivity contribution >= 4 is 28.0 Å². The van der Waals surface area contributed by atoms with E-state index in [1.54, 1.807) is 24.3 Å². The molecule has 1 rings (SSSR count). The summed E-state index contributed by atoms with van der Waals surface area (Å²) in [4.78, 5) is 23.0. The molecule has 0 aliphatic heterocycles. The van der Waals surface area contributed by atoms with Crippen LogP contribution in [0.3, 0.4) is 0 Å². The number of amides is 1. The summed E-state index contributed by atoms with van der Waals surface area (Å²) in [6.45, 7) is 4.82. The number of alkyl carbamates (subject to hydrolysis) is 1. The first-order valence-electron chi connectivity index (χ1n) is 5.45. The Kier molecular flexibility index (Phi) is 5.11. The van der Waals surface area contributed by atoms with Gasteiger partial charge in [-0.05, 0) is 24.6 Å². The van der Waals surface area contributed by atoms with Gasteiger partial charge in [-0.15, -0.1) is 0 Å². The molecule has 2 N–H and O–H groups in total. The van der Waals surface area contributed by atoms with E-state index in [4.69, 9.17) is 4.74 Å². The van der Waals surface area contributed by atoms with Crippen molar-refractivity contribution in [1.29, 1.82) is 0 Å². The van der Waals surface area contributed by atoms with Crippen molar-refractivity contribution in [3.8, 4) is 0 Å². The Morgan fingerprint density at radius 2 is 2.26 bits per heavy atom. The predicted molar refractivity (Wildman–Crippen MR) is 73.8 cm³/mol. The van der Waals surface area contributed by atoms with E-state index in [1.165, 1.54) is 13.0 Å². The molecule has 0 saturated carbocycles. The molecule has 19 heavy (non-hydrogen) atoms.